The van der Waals surface area contributed by atoms with E-state index in [1.165, 1.54) is 18.4 Å². The summed E-state index contributed by atoms with van der Waals surface area (Å²) in [6, 6.07) is 9.84. The second-order valence-corrected chi connectivity index (χ2v) is 7.26. The zero-order valence-electron chi connectivity index (χ0n) is 16.9. The number of fused-ring (bicyclic) bond motifs is 1. The molecule has 1 fully saturated rings. The summed E-state index contributed by atoms with van der Waals surface area (Å²) in [5.74, 6) is 0.0329. The topological polar surface area (TPSA) is 110 Å². The summed E-state index contributed by atoms with van der Waals surface area (Å²) in [6.45, 7) is 2.52. The predicted molar refractivity (Wildman–Crippen MR) is 116 cm³/mol. The average Bonchev–Trinajstić information content (AvgIpc) is 3.43. The lowest BCUT2D eigenvalue weighted by Crippen LogP contribution is -2.49. The number of halogens is 1. The molecule has 9 nitrogen and oxygen atoms in total. The van der Waals surface area contributed by atoms with Crippen LogP contribution in [0.4, 0.5) is 10.2 Å². The molecule has 0 spiro atoms. The van der Waals surface area contributed by atoms with Crippen molar-refractivity contribution < 1.29 is 18.3 Å². The quantitative estimate of drug-likeness (QED) is 0.292. The highest BCUT2D eigenvalue weighted by atomic mass is 19.1. The predicted octanol–water partition coefficient (Wildman–Crippen LogP) is 2.38. The standard InChI is InChI=1S/C22H19FN6O3/c23-16-5-4-15(14-6-12-31-19(14)16)20-26-17(21(30)32-20)13-28-8-10-29(11-9-28)22(24)27-18-3-1-2-7-25-18/h1-7,12-13H,8-11H2,(H2,24,25,27)/b17-13+. The Morgan fingerprint density at radius 1 is 1.16 bits per heavy atom. The first kappa shape index (κ1) is 19.7. The molecule has 0 unspecified atom stereocenters. The van der Waals surface area contributed by atoms with Crippen LogP contribution in [0.2, 0.25) is 0 Å². The van der Waals surface area contributed by atoms with Gasteiger partial charge in [-0.15, -0.1) is 0 Å². The summed E-state index contributed by atoms with van der Waals surface area (Å²) in [6.07, 6.45) is 4.72. The molecule has 0 bridgehead atoms. The second kappa shape index (κ2) is 8.14. The van der Waals surface area contributed by atoms with Gasteiger partial charge in [0.05, 0.1) is 6.26 Å². The number of rotatable bonds is 3. The van der Waals surface area contributed by atoms with Gasteiger partial charge < -0.3 is 24.7 Å². The van der Waals surface area contributed by atoms with Gasteiger partial charge in [0.15, 0.2) is 28.9 Å². The summed E-state index contributed by atoms with van der Waals surface area (Å²) in [5.41, 5.74) is 6.89. The van der Waals surface area contributed by atoms with Crippen molar-refractivity contribution in [2.75, 3.05) is 26.2 Å². The van der Waals surface area contributed by atoms with E-state index < -0.39 is 11.8 Å². The van der Waals surface area contributed by atoms with Crippen molar-refractivity contribution in [1.82, 2.24) is 14.8 Å². The van der Waals surface area contributed by atoms with Crippen LogP contribution in [0.15, 0.2) is 75.2 Å². The van der Waals surface area contributed by atoms with Crippen LogP contribution in [0.3, 0.4) is 0 Å². The molecule has 2 N–H and O–H groups in total. The number of guanidine groups is 1. The van der Waals surface area contributed by atoms with Gasteiger partial charge in [0, 0.05) is 49.5 Å². The van der Waals surface area contributed by atoms with Crippen LogP contribution in [0.1, 0.15) is 5.56 Å². The number of cyclic esters (lactones) is 1. The zero-order chi connectivity index (χ0) is 22.1. The third kappa shape index (κ3) is 3.78. The summed E-state index contributed by atoms with van der Waals surface area (Å²) >= 11 is 0. The first-order chi connectivity index (χ1) is 15.6. The molecule has 1 aromatic carbocycles. The highest BCUT2D eigenvalue weighted by Crippen LogP contribution is 2.27. The van der Waals surface area contributed by atoms with E-state index in [1.54, 1.807) is 24.5 Å². The number of hydrogen-bond donors (Lipinski definition) is 1. The Hall–Kier alpha value is -4.21. The average molecular weight is 434 g/mol. The Labute approximate surface area is 182 Å². The van der Waals surface area contributed by atoms with Crippen molar-refractivity contribution in [1.29, 1.82) is 0 Å². The van der Waals surface area contributed by atoms with Crippen molar-refractivity contribution in [3.05, 3.63) is 72.1 Å². The number of nitrogens with two attached hydrogens (primary N) is 1. The Morgan fingerprint density at radius 3 is 2.78 bits per heavy atom. The minimum absolute atomic E-state index is 0.0970. The third-order valence-electron chi connectivity index (χ3n) is 5.24. The first-order valence-electron chi connectivity index (χ1n) is 10.0. The van der Waals surface area contributed by atoms with Crippen LogP contribution in [0.25, 0.3) is 11.0 Å². The molecule has 3 aromatic rings. The van der Waals surface area contributed by atoms with Gasteiger partial charge in [0.1, 0.15) is 0 Å². The van der Waals surface area contributed by atoms with E-state index in [4.69, 9.17) is 14.9 Å². The van der Waals surface area contributed by atoms with Gasteiger partial charge >= 0.3 is 5.97 Å². The van der Waals surface area contributed by atoms with E-state index in [2.05, 4.69) is 15.0 Å². The highest BCUT2D eigenvalue weighted by Gasteiger charge is 2.28. The maximum atomic E-state index is 13.9. The molecule has 1 saturated heterocycles. The van der Waals surface area contributed by atoms with Crippen LogP contribution >= 0.6 is 0 Å². The number of piperazine rings is 1. The Balaban J connectivity index is 1.29. The lowest BCUT2D eigenvalue weighted by molar-refractivity contribution is -0.130. The number of benzene rings is 1. The lowest BCUT2D eigenvalue weighted by atomic mass is 10.1. The van der Waals surface area contributed by atoms with E-state index in [1.807, 2.05) is 21.9 Å². The molecule has 0 radical (unpaired) electrons. The maximum absolute atomic E-state index is 13.9. The Bertz CT molecular complexity index is 1260. The van der Waals surface area contributed by atoms with Crippen molar-refractivity contribution in [3.8, 4) is 0 Å². The third-order valence-corrected chi connectivity index (χ3v) is 5.24. The fraction of sp³-hybridized carbons (Fsp3) is 0.182. The van der Waals surface area contributed by atoms with Crippen LogP contribution in [0, 0.1) is 5.82 Å². The molecule has 2 aromatic heterocycles. The number of ether oxygens (including phenoxy) is 1. The minimum atomic E-state index is -0.556. The molecule has 2 aliphatic heterocycles. The minimum Gasteiger partial charge on any atom is -0.461 e. The van der Waals surface area contributed by atoms with Crippen molar-refractivity contribution in [3.63, 3.8) is 0 Å². The summed E-state index contributed by atoms with van der Waals surface area (Å²) < 4.78 is 24.4. The largest absolute Gasteiger partial charge is 0.461 e. The Kier molecular flexibility index (Phi) is 5.02. The molecule has 4 heterocycles. The summed E-state index contributed by atoms with van der Waals surface area (Å²) in [7, 11) is 0. The molecule has 0 amide bonds. The molecule has 0 saturated carbocycles. The molecular weight excluding hydrogens is 415 g/mol. The Morgan fingerprint density at radius 2 is 2.00 bits per heavy atom. The van der Waals surface area contributed by atoms with E-state index in [-0.39, 0.29) is 17.2 Å². The van der Waals surface area contributed by atoms with Gasteiger partial charge in [-0.2, -0.15) is 4.99 Å². The van der Waals surface area contributed by atoms with Gasteiger partial charge in [-0.05, 0) is 30.3 Å². The lowest BCUT2D eigenvalue weighted by Gasteiger charge is -2.34. The van der Waals surface area contributed by atoms with E-state index in [0.717, 1.165) is 0 Å². The fourth-order valence-corrected chi connectivity index (χ4v) is 3.59. The molecule has 32 heavy (non-hydrogen) atoms. The highest BCUT2D eigenvalue weighted by molar-refractivity contribution is 6.15. The number of nitrogens with zero attached hydrogens (tertiary/aromatic N) is 5. The van der Waals surface area contributed by atoms with Crippen molar-refractivity contribution >= 4 is 34.6 Å². The molecule has 5 rings (SSSR count). The van der Waals surface area contributed by atoms with E-state index in [0.29, 0.717) is 48.9 Å². The molecule has 2 aliphatic rings. The summed E-state index contributed by atoms with van der Waals surface area (Å²) in [5, 5.41) is 0.495. The SMILES string of the molecule is N/C(=N\c1ccccn1)N1CCN(/C=C2/N=C(c3ccc(F)c4occc34)OC2=O)CC1. The van der Waals surface area contributed by atoms with Gasteiger partial charge in [-0.3, -0.25) is 0 Å². The van der Waals surface area contributed by atoms with Gasteiger partial charge in [0.25, 0.3) is 0 Å². The van der Waals surface area contributed by atoms with Crippen molar-refractivity contribution in [2.24, 2.45) is 15.7 Å². The maximum Gasteiger partial charge on any atom is 0.365 e. The van der Waals surface area contributed by atoms with Gasteiger partial charge in [0.2, 0.25) is 5.90 Å². The zero-order valence-corrected chi connectivity index (χ0v) is 16.9. The van der Waals surface area contributed by atoms with Crippen LogP contribution in [-0.4, -0.2) is 58.8 Å². The summed E-state index contributed by atoms with van der Waals surface area (Å²) in [4.78, 5) is 29.1. The molecule has 0 aliphatic carbocycles. The number of carbonyl (C=O) groups excluding carboxylic acids is 1. The number of furan rings is 1. The molecular formula is C22H19FN6O3. The van der Waals surface area contributed by atoms with Gasteiger partial charge in [-0.25, -0.2) is 19.2 Å². The fourth-order valence-electron chi connectivity index (χ4n) is 3.59. The normalized spacial score (nSPS) is 18.4. The number of pyridine rings is 1. The number of carbonyl (C=O) groups is 1. The number of esters is 1. The van der Waals surface area contributed by atoms with Crippen LogP contribution in [0.5, 0.6) is 0 Å². The van der Waals surface area contributed by atoms with Crippen LogP contribution in [-0.2, 0) is 9.53 Å². The monoisotopic (exact) mass is 434 g/mol. The van der Waals surface area contributed by atoms with Crippen molar-refractivity contribution in [2.45, 2.75) is 0 Å². The second-order valence-electron chi connectivity index (χ2n) is 7.26. The first-order valence-corrected chi connectivity index (χ1v) is 10.0. The van der Waals surface area contributed by atoms with E-state index >= 15 is 0 Å². The smallest absolute Gasteiger partial charge is 0.365 e. The molecule has 10 heteroatoms. The number of hydrogen-bond acceptors (Lipinski definition) is 7. The molecule has 0 atom stereocenters. The number of aliphatic imine (C=N–C) groups is 2. The molecule has 162 valence electrons. The van der Waals surface area contributed by atoms with Gasteiger partial charge in [-0.1, -0.05) is 6.07 Å². The number of aromatic nitrogens is 1. The van der Waals surface area contributed by atoms with E-state index in [9.17, 15) is 9.18 Å². The van der Waals surface area contributed by atoms with Crippen LogP contribution < -0.4 is 5.73 Å².